The average molecular weight is 330 g/mol. The standard InChI is InChI=1S/C18H26N4O2/c1-6-18(2,3)14-8-7-9-22(14)17(23)13-10-19-16-12(15(13)24-5)11-20-21(16)4/h10-11,14H,6-9H2,1-5H3/t14-/m0/s1. The van der Waals surface area contributed by atoms with Crippen LogP contribution in [0.3, 0.4) is 0 Å². The Morgan fingerprint density at radius 3 is 2.83 bits per heavy atom. The van der Waals surface area contributed by atoms with Crippen LogP contribution in [0.4, 0.5) is 0 Å². The highest BCUT2D eigenvalue weighted by Crippen LogP contribution is 2.38. The van der Waals surface area contributed by atoms with Crippen molar-refractivity contribution >= 4 is 16.9 Å². The van der Waals surface area contributed by atoms with E-state index in [1.807, 2.05) is 11.9 Å². The summed E-state index contributed by atoms with van der Waals surface area (Å²) in [6.45, 7) is 7.46. The minimum atomic E-state index is 0.00845. The summed E-state index contributed by atoms with van der Waals surface area (Å²) in [7, 11) is 3.42. The van der Waals surface area contributed by atoms with Gasteiger partial charge in [0.1, 0.15) is 11.3 Å². The molecular weight excluding hydrogens is 304 g/mol. The van der Waals surface area contributed by atoms with Crippen LogP contribution in [-0.2, 0) is 7.05 Å². The predicted octanol–water partition coefficient (Wildman–Crippen LogP) is 3.02. The third-order valence-electron chi connectivity index (χ3n) is 5.47. The number of nitrogens with zero attached hydrogens (tertiary/aromatic N) is 4. The van der Waals surface area contributed by atoms with Gasteiger partial charge in [0, 0.05) is 25.8 Å². The highest BCUT2D eigenvalue weighted by Gasteiger charge is 2.39. The van der Waals surface area contributed by atoms with Crippen LogP contribution in [0.5, 0.6) is 5.75 Å². The van der Waals surface area contributed by atoms with Crippen molar-refractivity contribution in [2.24, 2.45) is 12.5 Å². The molecule has 2 aromatic heterocycles. The van der Waals surface area contributed by atoms with Crippen molar-refractivity contribution < 1.29 is 9.53 Å². The van der Waals surface area contributed by atoms with Gasteiger partial charge in [-0.15, -0.1) is 0 Å². The second-order valence-corrected chi connectivity index (χ2v) is 7.21. The molecule has 0 N–H and O–H groups in total. The monoisotopic (exact) mass is 330 g/mol. The number of likely N-dealkylation sites (tertiary alicyclic amines) is 1. The zero-order chi connectivity index (χ0) is 17.5. The van der Waals surface area contributed by atoms with Crippen LogP contribution in [0.25, 0.3) is 11.0 Å². The van der Waals surface area contributed by atoms with Gasteiger partial charge in [0.25, 0.3) is 5.91 Å². The van der Waals surface area contributed by atoms with Gasteiger partial charge in [-0.25, -0.2) is 4.98 Å². The van der Waals surface area contributed by atoms with Crippen LogP contribution in [0.15, 0.2) is 12.4 Å². The van der Waals surface area contributed by atoms with Crippen LogP contribution in [-0.4, -0.2) is 45.3 Å². The second kappa shape index (κ2) is 6.07. The van der Waals surface area contributed by atoms with Crippen molar-refractivity contribution in [3.63, 3.8) is 0 Å². The lowest BCUT2D eigenvalue weighted by atomic mass is 9.80. The number of pyridine rings is 1. The molecule has 1 fully saturated rings. The molecule has 6 nitrogen and oxygen atoms in total. The van der Waals surface area contributed by atoms with E-state index in [1.54, 1.807) is 24.2 Å². The molecule has 0 saturated carbocycles. The topological polar surface area (TPSA) is 60.2 Å². The number of carbonyl (C=O) groups excluding carboxylic acids is 1. The summed E-state index contributed by atoms with van der Waals surface area (Å²) < 4.78 is 7.24. The van der Waals surface area contributed by atoms with Crippen LogP contribution in [0.2, 0.25) is 0 Å². The number of hydrogen-bond acceptors (Lipinski definition) is 4. The number of fused-ring (bicyclic) bond motifs is 1. The summed E-state index contributed by atoms with van der Waals surface area (Å²) in [6.07, 6.45) is 6.47. The van der Waals surface area contributed by atoms with Gasteiger partial charge in [0.05, 0.1) is 18.7 Å². The third-order valence-corrected chi connectivity index (χ3v) is 5.47. The van der Waals surface area contributed by atoms with Crippen molar-refractivity contribution in [3.8, 4) is 5.75 Å². The van der Waals surface area contributed by atoms with E-state index in [1.165, 1.54) is 0 Å². The second-order valence-electron chi connectivity index (χ2n) is 7.21. The molecule has 1 aliphatic heterocycles. The molecule has 0 spiro atoms. The summed E-state index contributed by atoms with van der Waals surface area (Å²) >= 11 is 0. The van der Waals surface area contributed by atoms with Crippen molar-refractivity contribution in [2.75, 3.05) is 13.7 Å². The maximum Gasteiger partial charge on any atom is 0.259 e. The lowest BCUT2D eigenvalue weighted by Gasteiger charge is -2.37. The van der Waals surface area contributed by atoms with Crippen molar-refractivity contribution in [1.29, 1.82) is 0 Å². The molecule has 0 radical (unpaired) electrons. The van der Waals surface area contributed by atoms with Gasteiger partial charge in [0.2, 0.25) is 0 Å². The number of aryl methyl sites for hydroxylation is 1. The van der Waals surface area contributed by atoms with Crippen molar-refractivity contribution in [2.45, 2.75) is 46.1 Å². The smallest absolute Gasteiger partial charge is 0.259 e. The summed E-state index contributed by atoms with van der Waals surface area (Å²) in [5, 5.41) is 4.99. The quantitative estimate of drug-likeness (QED) is 0.864. The van der Waals surface area contributed by atoms with Gasteiger partial charge in [-0.05, 0) is 24.7 Å². The fraction of sp³-hybridized carbons (Fsp3) is 0.611. The Morgan fingerprint density at radius 1 is 1.42 bits per heavy atom. The average Bonchev–Trinajstić information content (AvgIpc) is 3.21. The minimum absolute atomic E-state index is 0.00845. The number of aromatic nitrogens is 3. The van der Waals surface area contributed by atoms with E-state index in [0.29, 0.717) is 11.3 Å². The SMILES string of the molecule is CCC(C)(C)[C@@H]1CCCN1C(=O)c1cnc2c(cnn2C)c1OC. The zero-order valence-electron chi connectivity index (χ0n) is 15.2. The van der Waals surface area contributed by atoms with E-state index in [2.05, 4.69) is 30.9 Å². The normalized spacial score (nSPS) is 18.4. The van der Waals surface area contributed by atoms with E-state index in [-0.39, 0.29) is 17.4 Å². The van der Waals surface area contributed by atoms with Crippen molar-refractivity contribution in [1.82, 2.24) is 19.7 Å². The summed E-state index contributed by atoms with van der Waals surface area (Å²) in [5.41, 5.74) is 1.35. The molecule has 3 heterocycles. The predicted molar refractivity (Wildman–Crippen MR) is 93.2 cm³/mol. The molecule has 24 heavy (non-hydrogen) atoms. The van der Waals surface area contributed by atoms with Gasteiger partial charge in [-0.1, -0.05) is 20.8 Å². The first-order chi connectivity index (χ1) is 11.4. The lowest BCUT2D eigenvalue weighted by molar-refractivity contribution is 0.0592. The summed E-state index contributed by atoms with van der Waals surface area (Å²) in [6, 6.07) is 0.254. The maximum absolute atomic E-state index is 13.2. The Labute approximate surface area is 142 Å². The number of methoxy groups -OCH3 is 1. The number of carbonyl (C=O) groups is 1. The first-order valence-corrected chi connectivity index (χ1v) is 8.56. The first-order valence-electron chi connectivity index (χ1n) is 8.56. The van der Waals surface area contributed by atoms with E-state index in [9.17, 15) is 4.79 Å². The molecule has 1 amide bonds. The van der Waals surface area contributed by atoms with Crippen LogP contribution in [0, 0.1) is 5.41 Å². The molecule has 130 valence electrons. The summed E-state index contributed by atoms with van der Waals surface area (Å²) in [5.74, 6) is 0.576. The van der Waals surface area contributed by atoms with E-state index in [4.69, 9.17) is 4.74 Å². The Bertz CT molecular complexity index is 766. The molecule has 1 saturated heterocycles. The van der Waals surface area contributed by atoms with Gasteiger partial charge in [0.15, 0.2) is 5.65 Å². The molecule has 1 atom stereocenters. The lowest BCUT2D eigenvalue weighted by Crippen LogP contribution is -2.44. The molecule has 0 aromatic carbocycles. The van der Waals surface area contributed by atoms with E-state index in [0.717, 1.165) is 36.8 Å². The van der Waals surface area contributed by atoms with E-state index < -0.39 is 0 Å². The number of hydrogen-bond donors (Lipinski definition) is 0. The maximum atomic E-state index is 13.2. The molecule has 2 aromatic rings. The van der Waals surface area contributed by atoms with Crippen LogP contribution in [0.1, 0.15) is 50.4 Å². The Morgan fingerprint density at radius 2 is 2.17 bits per heavy atom. The highest BCUT2D eigenvalue weighted by atomic mass is 16.5. The molecule has 3 rings (SSSR count). The fourth-order valence-electron chi connectivity index (χ4n) is 3.66. The Balaban J connectivity index is 2.02. The Kier molecular flexibility index (Phi) is 4.24. The summed E-state index contributed by atoms with van der Waals surface area (Å²) in [4.78, 5) is 19.7. The number of ether oxygens (including phenoxy) is 1. The van der Waals surface area contributed by atoms with E-state index >= 15 is 0 Å². The molecule has 0 bridgehead atoms. The molecular formula is C18H26N4O2. The third kappa shape index (κ3) is 2.54. The zero-order valence-corrected chi connectivity index (χ0v) is 15.2. The van der Waals surface area contributed by atoms with Crippen LogP contribution < -0.4 is 4.74 Å². The molecule has 6 heteroatoms. The van der Waals surface area contributed by atoms with Gasteiger partial charge in [-0.3, -0.25) is 9.48 Å². The minimum Gasteiger partial charge on any atom is -0.495 e. The van der Waals surface area contributed by atoms with Gasteiger partial charge < -0.3 is 9.64 Å². The molecule has 0 aliphatic carbocycles. The number of rotatable bonds is 4. The fourth-order valence-corrected chi connectivity index (χ4v) is 3.66. The van der Waals surface area contributed by atoms with Crippen LogP contribution >= 0.6 is 0 Å². The van der Waals surface area contributed by atoms with Gasteiger partial charge in [-0.2, -0.15) is 5.10 Å². The number of amides is 1. The Hall–Kier alpha value is -2.11. The molecule has 1 aliphatic rings. The van der Waals surface area contributed by atoms with Gasteiger partial charge >= 0.3 is 0 Å². The first kappa shape index (κ1) is 16.7. The highest BCUT2D eigenvalue weighted by molar-refractivity contribution is 6.02. The largest absolute Gasteiger partial charge is 0.495 e. The molecule has 0 unspecified atom stereocenters. The van der Waals surface area contributed by atoms with Crippen molar-refractivity contribution in [3.05, 3.63) is 18.0 Å².